The molecule has 0 aromatic carbocycles. The maximum atomic E-state index is 11.3. The zero-order chi connectivity index (χ0) is 11.8. The van der Waals surface area contributed by atoms with Gasteiger partial charge in [-0.25, -0.2) is 9.78 Å². The zero-order valence-electron chi connectivity index (χ0n) is 9.90. The standard InChI is InChI=1S/C11H19N3O2/c1-3-16-7-5-12-4-6-14-9-10(2)8-13-11(14)15/h8-9,12H,3-7H2,1-2H3. The third-order valence-electron chi connectivity index (χ3n) is 2.14. The summed E-state index contributed by atoms with van der Waals surface area (Å²) in [5.74, 6) is 0. The fourth-order valence-electron chi connectivity index (χ4n) is 1.34. The fraction of sp³-hybridized carbons (Fsp3) is 0.636. The maximum absolute atomic E-state index is 11.3. The molecule has 0 radical (unpaired) electrons. The Morgan fingerprint density at radius 1 is 1.50 bits per heavy atom. The van der Waals surface area contributed by atoms with Crippen molar-refractivity contribution in [3.05, 3.63) is 28.4 Å². The van der Waals surface area contributed by atoms with E-state index < -0.39 is 0 Å². The number of hydrogen-bond donors (Lipinski definition) is 1. The normalized spacial score (nSPS) is 10.6. The van der Waals surface area contributed by atoms with Crippen LogP contribution in [-0.4, -0.2) is 35.9 Å². The molecule has 0 saturated heterocycles. The van der Waals surface area contributed by atoms with E-state index >= 15 is 0 Å². The summed E-state index contributed by atoms with van der Waals surface area (Å²) in [6, 6.07) is 0. The molecule has 0 aliphatic carbocycles. The van der Waals surface area contributed by atoms with E-state index in [-0.39, 0.29) is 5.69 Å². The fourth-order valence-corrected chi connectivity index (χ4v) is 1.34. The average Bonchev–Trinajstić information content (AvgIpc) is 2.28. The lowest BCUT2D eigenvalue weighted by atomic mass is 10.4. The second-order valence-electron chi connectivity index (χ2n) is 3.55. The van der Waals surface area contributed by atoms with Crippen LogP contribution in [0.5, 0.6) is 0 Å². The zero-order valence-corrected chi connectivity index (χ0v) is 9.90. The number of ether oxygens (including phenoxy) is 1. The first kappa shape index (κ1) is 12.9. The molecule has 1 heterocycles. The molecule has 0 amide bonds. The van der Waals surface area contributed by atoms with Gasteiger partial charge in [0, 0.05) is 38.6 Å². The molecule has 0 bridgehead atoms. The van der Waals surface area contributed by atoms with E-state index in [0.717, 1.165) is 25.3 Å². The molecule has 1 N–H and O–H groups in total. The van der Waals surface area contributed by atoms with Crippen LogP contribution in [-0.2, 0) is 11.3 Å². The van der Waals surface area contributed by atoms with Crippen LogP contribution >= 0.6 is 0 Å². The van der Waals surface area contributed by atoms with Crippen LogP contribution in [0.4, 0.5) is 0 Å². The lowest BCUT2D eigenvalue weighted by Crippen LogP contribution is -2.29. The molecule has 90 valence electrons. The molecule has 0 spiro atoms. The maximum Gasteiger partial charge on any atom is 0.347 e. The Morgan fingerprint density at radius 3 is 3.06 bits per heavy atom. The van der Waals surface area contributed by atoms with Crippen molar-refractivity contribution in [2.75, 3.05) is 26.3 Å². The van der Waals surface area contributed by atoms with Crippen molar-refractivity contribution in [1.82, 2.24) is 14.9 Å². The summed E-state index contributed by atoms with van der Waals surface area (Å²) in [6.45, 7) is 7.53. The number of rotatable bonds is 7. The number of aromatic nitrogens is 2. The summed E-state index contributed by atoms with van der Waals surface area (Å²) < 4.78 is 6.80. The number of hydrogen-bond acceptors (Lipinski definition) is 4. The Bertz CT molecular complexity index is 362. The number of aryl methyl sites for hydroxylation is 1. The second kappa shape index (κ2) is 7.14. The van der Waals surface area contributed by atoms with E-state index in [9.17, 15) is 4.79 Å². The van der Waals surface area contributed by atoms with Crippen molar-refractivity contribution in [3.8, 4) is 0 Å². The van der Waals surface area contributed by atoms with E-state index in [2.05, 4.69) is 10.3 Å². The summed E-state index contributed by atoms with van der Waals surface area (Å²) in [7, 11) is 0. The summed E-state index contributed by atoms with van der Waals surface area (Å²) >= 11 is 0. The van der Waals surface area contributed by atoms with E-state index in [0.29, 0.717) is 13.2 Å². The lowest BCUT2D eigenvalue weighted by Gasteiger charge is -2.07. The van der Waals surface area contributed by atoms with Crippen molar-refractivity contribution >= 4 is 0 Å². The van der Waals surface area contributed by atoms with Crippen molar-refractivity contribution in [3.63, 3.8) is 0 Å². The monoisotopic (exact) mass is 225 g/mol. The van der Waals surface area contributed by atoms with Gasteiger partial charge in [-0.15, -0.1) is 0 Å². The number of nitrogens with zero attached hydrogens (tertiary/aromatic N) is 2. The van der Waals surface area contributed by atoms with E-state index in [1.165, 1.54) is 0 Å². The first-order valence-corrected chi connectivity index (χ1v) is 5.55. The van der Waals surface area contributed by atoms with Gasteiger partial charge in [-0.3, -0.25) is 4.57 Å². The van der Waals surface area contributed by atoms with Gasteiger partial charge in [-0.1, -0.05) is 0 Å². The Labute approximate surface area is 95.5 Å². The smallest absolute Gasteiger partial charge is 0.347 e. The highest BCUT2D eigenvalue weighted by Gasteiger charge is 1.96. The van der Waals surface area contributed by atoms with E-state index in [4.69, 9.17) is 4.74 Å². The minimum Gasteiger partial charge on any atom is -0.380 e. The molecule has 5 nitrogen and oxygen atoms in total. The summed E-state index contributed by atoms with van der Waals surface area (Å²) in [5, 5.41) is 3.20. The molecule has 0 saturated carbocycles. The lowest BCUT2D eigenvalue weighted by molar-refractivity contribution is 0.149. The van der Waals surface area contributed by atoms with Gasteiger partial charge in [0.2, 0.25) is 0 Å². The third kappa shape index (κ3) is 4.55. The molecule has 0 aliphatic rings. The molecular formula is C11H19N3O2. The van der Waals surface area contributed by atoms with Gasteiger partial charge in [-0.2, -0.15) is 0 Å². The quantitative estimate of drug-likeness (QED) is 0.672. The Balaban J connectivity index is 2.26. The van der Waals surface area contributed by atoms with Gasteiger partial charge in [0.05, 0.1) is 6.61 Å². The summed E-state index contributed by atoms with van der Waals surface area (Å²) in [5.41, 5.74) is 0.797. The predicted octanol–water partition coefficient (Wildman–Crippen LogP) is 0.178. The molecule has 1 aromatic rings. The average molecular weight is 225 g/mol. The topological polar surface area (TPSA) is 56.1 Å². The van der Waals surface area contributed by atoms with Crippen LogP contribution in [0.3, 0.4) is 0 Å². The highest BCUT2D eigenvalue weighted by Crippen LogP contribution is 1.88. The van der Waals surface area contributed by atoms with Crippen LogP contribution in [0.25, 0.3) is 0 Å². The molecule has 16 heavy (non-hydrogen) atoms. The molecule has 0 fully saturated rings. The summed E-state index contributed by atoms with van der Waals surface area (Å²) in [6.07, 6.45) is 3.40. The molecule has 1 aromatic heterocycles. The van der Waals surface area contributed by atoms with Crippen LogP contribution < -0.4 is 11.0 Å². The molecule has 5 heteroatoms. The first-order valence-electron chi connectivity index (χ1n) is 5.55. The van der Waals surface area contributed by atoms with Gasteiger partial charge < -0.3 is 10.1 Å². The van der Waals surface area contributed by atoms with Crippen molar-refractivity contribution in [2.45, 2.75) is 20.4 Å². The van der Waals surface area contributed by atoms with Gasteiger partial charge in [0.1, 0.15) is 0 Å². The number of nitrogens with one attached hydrogen (secondary N) is 1. The van der Waals surface area contributed by atoms with Crippen molar-refractivity contribution in [1.29, 1.82) is 0 Å². The highest BCUT2D eigenvalue weighted by molar-refractivity contribution is 4.99. The first-order chi connectivity index (χ1) is 7.74. The highest BCUT2D eigenvalue weighted by atomic mass is 16.5. The van der Waals surface area contributed by atoms with Crippen molar-refractivity contribution < 1.29 is 4.74 Å². The van der Waals surface area contributed by atoms with Crippen LogP contribution in [0.2, 0.25) is 0 Å². The Kier molecular flexibility index (Phi) is 5.74. The van der Waals surface area contributed by atoms with Gasteiger partial charge >= 0.3 is 5.69 Å². The minimum absolute atomic E-state index is 0.197. The van der Waals surface area contributed by atoms with Crippen molar-refractivity contribution in [2.24, 2.45) is 0 Å². The molecule has 0 atom stereocenters. The molecule has 0 unspecified atom stereocenters. The summed E-state index contributed by atoms with van der Waals surface area (Å²) in [4.78, 5) is 15.1. The SMILES string of the molecule is CCOCCNCCn1cc(C)cnc1=O. The predicted molar refractivity (Wildman–Crippen MR) is 62.6 cm³/mol. The molecule has 1 rings (SSSR count). The third-order valence-corrected chi connectivity index (χ3v) is 2.14. The minimum atomic E-state index is -0.197. The van der Waals surface area contributed by atoms with Gasteiger partial charge in [0.25, 0.3) is 0 Å². The Morgan fingerprint density at radius 2 is 2.31 bits per heavy atom. The van der Waals surface area contributed by atoms with E-state index in [1.807, 2.05) is 20.0 Å². The van der Waals surface area contributed by atoms with Gasteiger partial charge in [0.15, 0.2) is 0 Å². The van der Waals surface area contributed by atoms with Crippen LogP contribution in [0, 0.1) is 6.92 Å². The van der Waals surface area contributed by atoms with Gasteiger partial charge in [-0.05, 0) is 19.4 Å². The molecule has 0 aliphatic heterocycles. The van der Waals surface area contributed by atoms with E-state index in [1.54, 1.807) is 10.8 Å². The van der Waals surface area contributed by atoms with Crippen LogP contribution in [0.1, 0.15) is 12.5 Å². The Hall–Kier alpha value is -1.20. The molecular weight excluding hydrogens is 206 g/mol. The van der Waals surface area contributed by atoms with Crippen LogP contribution in [0.15, 0.2) is 17.2 Å². The second-order valence-corrected chi connectivity index (χ2v) is 3.55. The largest absolute Gasteiger partial charge is 0.380 e.